The second-order valence-corrected chi connectivity index (χ2v) is 8.28. The van der Waals surface area contributed by atoms with E-state index < -0.39 is 4.92 Å². The molecule has 4 rings (SSSR count). The highest BCUT2D eigenvalue weighted by Gasteiger charge is 2.20. The van der Waals surface area contributed by atoms with E-state index in [4.69, 9.17) is 11.6 Å². The van der Waals surface area contributed by atoms with Crippen molar-refractivity contribution >= 4 is 50.6 Å². The first-order chi connectivity index (χ1) is 12.1. The third-order valence-corrected chi connectivity index (χ3v) is 6.64. The third kappa shape index (κ3) is 3.36. The number of hydrogen-bond acceptors (Lipinski definition) is 6. The van der Waals surface area contributed by atoms with Gasteiger partial charge in [-0.15, -0.1) is 11.3 Å². The minimum atomic E-state index is -0.397. The van der Waals surface area contributed by atoms with Crippen LogP contribution in [-0.4, -0.2) is 14.9 Å². The molecule has 128 valence electrons. The van der Waals surface area contributed by atoms with Crippen LogP contribution in [0.25, 0.3) is 10.2 Å². The fraction of sp³-hybridized carbons (Fsp3) is 0.294. The van der Waals surface area contributed by atoms with Gasteiger partial charge in [-0.3, -0.25) is 10.1 Å². The summed E-state index contributed by atoms with van der Waals surface area (Å²) in [6, 6.07) is 6.55. The Morgan fingerprint density at radius 2 is 1.96 bits per heavy atom. The number of nitrogens with zero attached hydrogens (tertiary/aromatic N) is 3. The number of rotatable bonds is 4. The summed E-state index contributed by atoms with van der Waals surface area (Å²) in [6.45, 7) is 0. The van der Waals surface area contributed by atoms with Crippen LogP contribution in [0, 0.1) is 10.1 Å². The molecule has 0 unspecified atom stereocenters. The van der Waals surface area contributed by atoms with Crippen molar-refractivity contribution in [3.63, 3.8) is 0 Å². The number of nitro benzene ring substituents is 1. The zero-order valence-electron chi connectivity index (χ0n) is 13.2. The molecule has 1 aliphatic carbocycles. The van der Waals surface area contributed by atoms with E-state index in [1.165, 1.54) is 47.2 Å². The van der Waals surface area contributed by atoms with E-state index in [1.807, 2.05) is 0 Å². The first-order valence-electron chi connectivity index (χ1n) is 7.96. The van der Waals surface area contributed by atoms with Crippen LogP contribution in [0.3, 0.4) is 0 Å². The summed E-state index contributed by atoms with van der Waals surface area (Å²) in [7, 11) is 0. The minimum absolute atomic E-state index is 0.0960. The predicted octanol–water partition coefficient (Wildman–Crippen LogP) is 5.42. The molecule has 25 heavy (non-hydrogen) atoms. The lowest BCUT2D eigenvalue weighted by Gasteiger charge is -2.10. The van der Waals surface area contributed by atoms with Gasteiger partial charge in [0.25, 0.3) is 5.69 Å². The van der Waals surface area contributed by atoms with Gasteiger partial charge >= 0.3 is 0 Å². The highest BCUT2D eigenvalue weighted by Crippen LogP contribution is 2.39. The van der Waals surface area contributed by atoms with Crippen LogP contribution in [-0.2, 0) is 18.6 Å². The number of nitro groups is 1. The normalized spacial score (nSPS) is 13.8. The molecule has 1 aliphatic rings. The lowest BCUT2D eigenvalue weighted by molar-refractivity contribution is -0.384. The lowest BCUT2D eigenvalue weighted by Crippen LogP contribution is -1.98. The van der Waals surface area contributed by atoms with Crippen molar-refractivity contribution in [1.29, 1.82) is 0 Å². The molecule has 0 bridgehead atoms. The lowest BCUT2D eigenvalue weighted by atomic mass is 9.97. The first kappa shape index (κ1) is 16.8. The zero-order chi connectivity index (χ0) is 17.4. The maximum atomic E-state index is 10.7. The summed E-state index contributed by atoms with van der Waals surface area (Å²) >= 11 is 9.67. The zero-order valence-corrected chi connectivity index (χ0v) is 15.6. The van der Waals surface area contributed by atoms with Crippen LogP contribution < -0.4 is 0 Å². The number of aryl methyl sites for hydroxylation is 2. The first-order valence-corrected chi connectivity index (χ1v) is 10.1. The number of aromatic nitrogens is 2. The van der Waals surface area contributed by atoms with Gasteiger partial charge in [0, 0.05) is 22.8 Å². The van der Waals surface area contributed by atoms with E-state index in [0.717, 1.165) is 28.6 Å². The van der Waals surface area contributed by atoms with Crippen LogP contribution in [0.1, 0.15) is 28.8 Å². The number of thioether (sulfide) groups is 1. The van der Waals surface area contributed by atoms with E-state index in [0.29, 0.717) is 16.1 Å². The average molecular weight is 392 g/mol. The van der Waals surface area contributed by atoms with Gasteiger partial charge in [-0.2, -0.15) is 0 Å². The van der Waals surface area contributed by atoms with Gasteiger partial charge in [-0.1, -0.05) is 35.5 Å². The van der Waals surface area contributed by atoms with Crippen molar-refractivity contribution in [1.82, 2.24) is 9.97 Å². The molecule has 0 fully saturated rings. The Kier molecular flexibility index (Phi) is 4.62. The van der Waals surface area contributed by atoms with Crippen molar-refractivity contribution in [2.24, 2.45) is 0 Å². The topological polar surface area (TPSA) is 68.9 Å². The summed E-state index contributed by atoms with van der Waals surface area (Å²) < 4.78 is 0. The molecule has 0 atom stereocenters. The average Bonchev–Trinajstić information content (AvgIpc) is 2.99. The maximum absolute atomic E-state index is 10.7. The number of benzene rings is 1. The molecule has 0 aliphatic heterocycles. The molecular weight excluding hydrogens is 378 g/mol. The van der Waals surface area contributed by atoms with Gasteiger partial charge < -0.3 is 0 Å². The Hall–Kier alpha value is -1.70. The molecule has 2 aromatic heterocycles. The number of halogens is 1. The highest BCUT2D eigenvalue weighted by atomic mass is 35.5. The van der Waals surface area contributed by atoms with E-state index in [1.54, 1.807) is 23.5 Å². The molecule has 0 amide bonds. The molecular formula is C17H14ClN3O2S2. The summed E-state index contributed by atoms with van der Waals surface area (Å²) in [5.74, 6) is 0.644. The van der Waals surface area contributed by atoms with Gasteiger partial charge in [0.2, 0.25) is 0 Å². The molecule has 0 spiro atoms. The second kappa shape index (κ2) is 6.90. The molecule has 0 saturated heterocycles. The quantitative estimate of drug-likeness (QED) is 0.195. The fourth-order valence-electron chi connectivity index (χ4n) is 3.02. The highest BCUT2D eigenvalue weighted by molar-refractivity contribution is 7.98. The van der Waals surface area contributed by atoms with Crippen LogP contribution in [0.2, 0.25) is 5.15 Å². The second-order valence-electron chi connectivity index (χ2n) is 5.90. The number of hydrogen-bond donors (Lipinski definition) is 0. The Morgan fingerprint density at radius 1 is 1.20 bits per heavy atom. The Labute approximate surface area is 157 Å². The van der Waals surface area contributed by atoms with Crippen molar-refractivity contribution in [2.45, 2.75) is 36.6 Å². The Morgan fingerprint density at radius 3 is 2.72 bits per heavy atom. The smallest absolute Gasteiger partial charge is 0.258 e. The van der Waals surface area contributed by atoms with Gasteiger partial charge in [-0.25, -0.2) is 9.97 Å². The fourth-order valence-corrected chi connectivity index (χ4v) is 5.53. The Bertz CT molecular complexity index is 957. The van der Waals surface area contributed by atoms with Gasteiger partial charge in [0.15, 0.2) is 5.16 Å². The summed E-state index contributed by atoms with van der Waals surface area (Å²) in [6.07, 6.45) is 4.60. The molecule has 1 aromatic carbocycles. The minimum Gasteiger partial charge on any atom is -0.258 e. The van der Waals surface area contributed by atoms with E-state index in [9.17, 15) is 10.1 Å². The number of thiophene rings is 1. The third-order valence-electron chi connectivity index (χ3n) is 4.27. The molecule has 0 saturated carbocycles. The van der Waals surface area contributed by atoms with Gasteiger partial charge in [-0.05, 0) is 36.8 Å². The number of non-ortho nitro benzene ring substituents is 1. The number of fused-ring (bicyclic) bond motifs is 3. The largest absolute Gasteiger partial charge is 0.269 e. The molecule has 0 radical (unpaired) electrons. The van der Waals surface area contributed by atoms with Crippen LogP contribution in [0.15, 0.2) is 29.4 Å². The van der Waals surface area contributed by atoms with Crippen molar-refractivity contribution < 1.29 is 4.92 Å². The monoisotopic (exact) mass is 391 g/mol. The maximum Gasteiger partial charge on any atom is 0.269 e. The summed E-state index contributed by atoms with van der Waals surface area (Å²) in [5, 5.41) is 12.9. The molecule has 8 heteroatoms. The SMILES string of the molecule is O=[N+]([O-])c1ccc(CSc2nc(Cl)c3c4c(sc3n2)CCCC4)cc1. The Balaban J connectivity index is 1.56. The van der Waals surface area contributed by atoms with Crippen molar-refractivity contribution in [3.8, 4) is 0 Å². The molecule has 0 N–H and O–H groups in total. The summed E-state index contributed by atoms with van der Waals surface area (Å²) in [5.41, 5.74) is 2.42. The molecule has 5 nitrogen and oxygen atoms in total. The van der Waals surface area contributed by atoms with Crippen LogP contribution >= 0.6 is 34.7 Å². The molecule has 2 heterocycles. The van der Waals surface area contributed by atoms with Gasteiger partial charge in [0.1, 0.15) is 9.98 Å². The van der Waals surface area contributed by atoms with Crippen molar-refractivity contribution in [2.75, 3.05) is 0 Å². The van der Waals surface area contributed by atoms with E-state index >= 15 is 0 Å². The standard InChI is InChI=1S/C17H14ClN3O2S2/c18-15-14-12-3-1-2-4-13(12)25-16(14)20-17(19-15)24-9-10-5-7-11(8-6-10)21(22)23/h5-8H,1-4,9H2. The van der Waals surface area contributed by atoms with Crippen LogP contribution in [0.5, 0.6) is 0 Å². The van der Waals surface area contributed by atoms with Gasteiger partial charge in [0.05, 0.1) is 10.3 Å². The molecule has 3 aromatic rings. The van der Waals surface area contributed by atoms with Crippen molar-refractivity contribution in [3.05, 3.63) is 55.5 Å². The summed E-state index contributed by atoms with van der Waals surface area (Å²) in [4.78, 5) is 21.8. The van der Waals surface area contributed by atoms with E-state index in [2.05, 4.69) is 9.97 Å². The van der Waals surface area contributed by atoms with Crippen LogP contribution in [0.4, 0.5) is 5.69 Å². The van der Waals surface area contributed by atoms with E-state index in [-0.39, 0.29) is 5.69 Å². The predicted molar refractivity (Wildman–Crippen MR) is 102 cm³/mol.